The number of anilines is 1. The minimum absolute atomic E-state index is 0. The molecule has 0 radical (unpaired) electrons. The lowest BCUT2D eigenvalue weighted by molar-refractivity contribution is 0.144. The summed E-state index contributed by atoms with van der Waals surface area (Å²) in [7, 11) is 0. The number of nitrogens with one attached hydrogen (secondary N) is 2. The SMILES string of the molecule is CCNC(=NCCCCOCC)NC1CCN(c2ccccc2)C1.I. The summed E-state index contributed by atoms with van der Waals surface area (Å²) in [4.78, 5) is 7.13. The van der Waals surface area contributed by atoms with E-state index < -0.39 is 0 Å². The first-order valence-electron chi connectivity index (χ1n) is 9.26. The van der Waals surface area contributed by atoms with Crippen molar-refractivity contribution in [3.8, 4) is 0 Å². The number of ether oxygens (including phenoxy) is 1. The molecule has 1 atom stereocenters. The zero-order valence-corrected chi connectivity index (χ0v) is 17.9. The lowest BCUT2D eigenvalue weighted by atomic mass is 10.2. The maximum absolute atomic E-state index is 5.36. The molecule has 1 saturated heterocycles. The Kier molecular flexibility index (Phi) is 11.6. The number of halogens is 1. The molecule has 1 aromatic carbocycles. The highest BCUT2D eigenvalue weighted by molar-refractivity contribution is 14.0. The number of rotatable bonds is 9. The van der Waals surface area contributed by atoms with Crippen LogP contribution in [0.2, 0.25) is 0 Å². The second-order valence-corrected chi connectivity index (χ2v) is 6.08. The summed E-state index contributed by atoms with van der Waals surface area (Å²) in [6, 6.07) is 11.1. The van der Waals surface area contributed by atoms with Crippen LogP contribution in [-0.2, 0) is 4.74 Å². The third kappa shape index (κ3) is 8.27. The number of benzene rings is 1. The van der Waals surface area contributed by atoms with E-state index in [2.05, 4.69) is 52.8 Å². The Labute approximate surface area is 169 Å². The van der Waals surface area contributed by atoms with Crippen LogP contribution in [0.3, 0.4) is 0 Å². The molecule has 6 heteroatoms. The highest BCUT2D eigenvalue weighted by atomic mass is 127. The molecule has 0 amide bonds. The molecular weight excluding hydrogens is 427 g/mol. The molecule has 25 heavy (non-hydrogen) atoms. The quantitative estimate of drug-likeness (QED) is 0.257. The van der Waals surface area contributed by atoms with E-state index in [1.807, 2.05) is 6.92 Å². The Morgan fingerprint density at radius 2 is 2.04 bits per heavy atom. The normalized spacial score (nSPS) is 17.3. The molecule has 0 aromatic heterocycles. The van der Waals surface area contributed by atoms with Crippen molar-refractivity contribution in [2.75, 3.05) is 44.3 Å². The van der Waals surface area contributed by atoms with E-state index in [0.717, 1.165) is 64.6 Å². The van der Waals surface area contributed by atoms with Crippen LogP contribution < -0.4 is 15.5 Å². The zero-order valence-electron chi connectivity index (χ0n) is 15.5. The average Bonchev–Trinajstić information content (AvgIpc) is 3.07. The molecule has 2 N–H and O–H groups in total. The average molecular weight is 460 g/mol. The van der Waals surface area contributed by atoms with E-state index in [0.29, 0.717) is 6.04 Å². The van der Waals surface area contributed by atoms with Gasteiger partial charge in [-0.15, -0.1) is 24.0 Å². The molecule has 0 spiro atoms. The van der Waals surface area contributed by atoms with E-state index >= 15 is 0 Å². The monoisotopic (exact) mass is 460 g/mol. The summed E-state index contributed by atoms with van der Waals surface area (Å²) < 4.78 is 5.36. The van der Waals surface area contributed by atoms with Gasteiger partial charge in [0.1, 0.15) is 0 Å². The molecular formula is C19H33IN4O. The smallest absolute Gasteiger partial charge is 0.191 e. The van der Waals surface area contributed by atoms with Gasteiger partial charge >= 0.3 is 0 Å². The standard InChI is InChI=1S/C19H32N4O.HI/c1-3-20-19(21-13-8-9-15-24-4-2)22-17-12-14-23(16-17)18-10-6-5-7-11-18;/h5-7,10-11,17H,3-4,8-9,12-16H2,1-2H3,(H2,20,21,22);1H. The van der Waals surface area contributed by atoms with Crippen LogP contribution in [0.1, 0.15) is 33.1 Å². The summed E-state index contributed by atoms with van der Waals surface area (Å²) in [6.07, 6.45) is 3.28. The molecule has 142 valence electrons. The molecule has 1 aliphatic heterocycles. The Morgan fingerprint density at radius 3 is 2.76 bits per heavy atom. The number of nitrogens with zero attached hydrogens (tertiary/aromatic N) is 2. The van der Waals surface area contributed by atoms with Crippen LogP contribution in [0.5, 0.6) is 0 Å². The van der Waals surface area contributed by atoms with Crippen LogP contribution in [0.4, 0.5) is 5.69 Å². The van der Waals surface area contributed by atoms with Crippen LogP contribution >= 0.6 is 24.0 Å². The Hall–Kier alpha value is -1.02. The first-order chi connectivity index (χ1) is 11.8. The number of guanidine groups is 1. The molecule has 0 saturated carbocycles. The number of unbranched alkanes of at least 4 members (excludes halogenated alkanes) is 1. The first-order valence-corrected chi connectivity index (χ1v) is 9.26. The van der Waals surface area contributed by atoms with Crippen molar-refractivity contribution in [1.29, 1.82) is 0 Å². The molecule has 1 unspecified atom stereocenters. The van der Waals surface area contributed by atoms with E-state index in [4.69, 9.17) is 9.73 Å². The van der Waals surface area contributed by atoms with Gasteiger partial charge in [-0.25, -0.2) is 0 Å². The lowest BCUT2D eigenvalue weighted by Gasteiger charge is -2.20. The highest BCUT2D eigenvalue weighted by Gasteiger charge is 2.23. The van der Waals surface area contributed by atoms with Gasteiger partial charge in [0, 0.05) is 51.1 Å². The Balaban J connectivity index is 0.00000312. The largest absolute Gasteiger partial charge is 0.382 e. The lowest BCUT2D eigenvalue weighted by Crippen LogP contribution is -2.44. The zero-order chi connectivity index (χ0) is 17.0. The molecule has 1 heterocycles. The summed E-state index contributed by atoms with van der Waals surface area (Å²) in [5.41, 5.74) is 1.31. The fourth-order valence-corrected chi connectivity index (χ4v) is 2.92. The predicted octanol–water partition coefficient (Wildman–Crippen LogP) is 3.26. The molecule has 1 aromatic rings. The summed E-state index contributed by atoms with van der Waals surface area (Å²) >= 11 is 0. The fraction of sp³-hybridized carbons (Fsp3) is 0.632. The summed E-state index contributed by atoms with van der Waals surface area (Å²) in [6.45, 7) is 9.63. The third-order valence-electron chi connectivity index (χ3n) is 4.17. The van der Waals surface area contributed by atoms with Gasteiger partial charge in [0.25, 0.3) is 0 Å². The predicted molar refractivity (Wildman–Crippen MR) is 117 cm³/mol. The summed E-state index contributed by atoms with van der Waals surface area (Å²) in [5.74, 6) is 0.939. The van der Waals surface area contributed by atoms with E-state index in [-0.39, 0.29) is 24.0 Å². The van der Waals surface area contributed by atoms with Gasteiger partial charge in [0.15, 0.2) is 5.96 Å². The molecule has 1 fully saturated rings. The first kappa shape index (κ1) is 22.0. The second kappa shape index (κ2) is 13.2. The molecule has 2 rings (SSSR count). The van der Waals surface area contributed by atoms with Crippen LogP contribution in [-0.4, -0.2) is 51.4 Å². The maximum atomic E-state index is 5.36. The molecule has 5 nitrogen and oxygen atoms in total. The van der Waals surface area contributed by atoms with Gasteiger partial charge in [0.2, 0.25) is 0 Å². The fourth-order valence-electron chi connectivity index (χ4n) is 2.92. The van der Waals surface area contributed by atoms with Crippen molar-refractivity contribution < 1.29 is 4.74 Å². The van der Waals surface area contributed by atoms with Crippen LogP contribution in [0.15, 0.2) is 35.3 Å². The van der Waals surface area contributed by atoms with Crippen LogP contribution in [0, 0.1) is 0 Å². The second-order valence-electron chi connectivity index (χ2n) is 6.08. The number of para-hydroxylation sites is 1. The van der Waals surface area contributed by atoms with Gasteiger partial charge < -0.3 is 20.3 Å². The molecule has 0 aliphatic carbocycles. The van der Waals surface area contributed by atoms with Gasteiger partial charge in [-0.1, -0.05) is 18.2 Å². The number of hydrogen-bond acceptors (Lipinski definition) is 3. The topological polar surface area (TPSA) is 48.9 Å². The minimum Gasteiger partial charge on any atom is -0.382 e. The van der Waals surface area contributed by atoms with Gasteiger partial charge in [-0.05, 0) is 45.2 Å². The van der Waals surface area contributed by atoms with Crippen molar-refractivity contribution in [1.82, 2.24) is 10.6 Å². The Morgan fingerprint density at radius 1 is 1.24 bits per heavy atom. The minimum atomic E-state index is 0. The van der Waals surface area contributed by atoms with Gasteiger partial charge in [-0.3, -0.25) is 4.99 Å². The van der Waals surface area contributed by atoms with Crippen molar-refractivity contribution in [3.63, 3.8) is 0 Å². The van der Waals surface area contributed by atoms with Crippen molar-refractivity contribution in [2.45, 2.75) is 39.2 Å². The van der Waals surface area contributed by atoms with E-state index in [1.54, 1.807) is 0 Å². The van der Waals surface area contributed by atoms with Crippen molar-refractivity contribution in [2.24, 2.45) is 4.99 Å². The molecule has 1 aliphatic rings. The van der Waals surface area contributed by atoms with Crippen molar-refractivity contribution in [3.05, 3.63) is 30.3 Å². The van der Waals surface area contributed by atoms with Gasteiger partial charge in [0.05, 0.1) is 0 Å². The summed E-state index contributed by atoms with van der Waals surface area (Å²) in [5, 5.41) is 6.94. The van der Waals surface area contributed by atoms with Gasteiger partial charge in [-0.2, -0.15) is 0 Å². The highest BCUT2D eigenvalue weighted by Crippen LogP contribution is 2.19. The van der Waals surface area contributed by atoms with E-state index in [9.17, 15) is 0 Å². The van der Waals surface area contributed by atoms with Crippen molar-refractivity contribution >= 4 is 35.6 Å². The van der Waals surface area contributed by atoms with E-state index in [1.165, 1.54) is 5.69 Å². The third-order valence-corrected chi connectivity index (χ3v) is 4.17. The number of hydrogen-bond donors (Lipinski definition) is 2. The number of aliphatic imine (C=N–C) groups is 1. The maximum Gasteiger partial charge on any atom is 0.191 e. The Bertz CT molecular complexity index is 484. The van der Waals surface area contributed by atoms with Crippen LogP contribution in [0.25, 0.3) is 0 Å². The molecule has 0 bridgehead atoms.